The standard InChI is InChI=1S/C22H21N5O2/c1-14-4-6-16(7-5-14)22(28)23-12-17-13-27(26-25-17)21-10-15(2)24-20-9-8-18(29-3)11-19(20)21/h4-11,13H,12H2,1-3H3,(H,23,28). The van der Waals surface area contributed by atoms with Crippen LogP contribution in [0, 0.1) is 13.8 Å². The predicted molar refractivity (Wildman–Crippen MR) is 110 cm³/mol. The Morgan fingerprint density at radius 2 is 1.90 bits per heavy atom. The van der Waals surface area contributed by atoms with Gasteiger partial charge in [0.25, 0.3) is 5.91 Å². The van der Waals surface area contributed by atoms with Crippen LogP contribution in [0.4, 0.5) is 0 Å². The first-order valence-electron chi connectivity index (χ1n) is 9.25. The lowest BCUT2D eigenvalue weighted by molar-refractivity contribution is 0.0950. The third-order valence-corrected chi connectivity index (χ3v) is 4.65. The number of methoxy groups -OCH3 is 1. The third-order valence-electron chi connectivity index (χ3n) is 4.65. The highest BCUT2D eigenvalue weighted by molar-refractivity contribution is 5.94. The van der Waals surface area contributed by atoms with Gasteiger partial charge in [-0.2, -0.15) is 0 Å². The van der Waals surface area contributed by atoms with Gasteiger partial charge in [0.2, 0.25) is 0 Å². The average molecular weight is 387 g/mol. The molecule has 0 bridgehead atoms. The summed E-state index contributed by atoms with van der Waals surface area (Å²) in [4.78, 5) is 16.9. The van der Waals surface area contributed by atoms with Gasteiger partial charge in [-0.15, -0.1) is 5.10 Å². The first kappa shape index (κ1) is 18.6. The molecule has 29 heavy (non-hydrogen) atoms. The minimum atomic E-state index is -0.144. The Morgan fingerprint density at radius 1 is 1.10 bits per heavy atom. The van der Waals surface area contributed by atoms with Crippen molar-refractivity contribution in [1.29, 1.82) is 0 Å². The Labute approximate surface area is 168 Å². The summed E-state index contributed by atoms with van der Waals surface area (Å²) in [6.07, 6.45) is 1.81. The third kappa shape index (κ3) is 3.94. The molecule has 0 radical (unpaired) electrons. The number of amides is 1. The van der Waals surface area contributed by atoms with Crippen molar-refractivity contribution in [2.24, 2.45) is 0 Å². The van der Waals surface area contributed by atoms with E-state index in [2.05, 4.69) is 20.6 Å². The molecular weight excluding hydrogens is 366 g/mol. The fraction of sp³-hybridized carbons (Fsp3) is 0.182. The van der Waals surface area contributed by atoms with E-state index in [1.54, 1.807) is 23.9 Å². The van der Waals surface area contributed by atoms with Crippen LogP contribution >= 0.6 is 0 Å². The molecule has 7 nitrogen and oxygen atoms in total. The van der Waals surface area contributed by atoms with E-state index in [0.29, 0.717) is 11.3 Å². The molecule has 2 aromatic heterocycles. The number of fused-ring (bicyclic) bond motifs is 1. The second kappa shape index (κ2) is 7.71. The number of aryl methyl sites for hydroxylation is 2. The van der Waals surface area contributed by atoms with E-state index in [1.165, 1.54) is 0 Å². The SMILES string of the molecule is COc1ccc2nc(C)cc(-n3cc(CNC(=O)c4ccc(C)cc4)nn3)c2c1. The number of aromatic nitrogens is 4. The van der Waals surface area contributed by atoms with Gasteiger partial charge >= 0.3 is 0 Å². The summed E-state index contributed by atoms with van der Waals surface area (Å²) < 4.78 is 7.04. The molecule has 4 aromatic rings. The lowest BCUT2D eigenvalue weighted by Crippen LogP contribution is -2.22. The van der Waals surface area contributed by atoms with E-state index in [1.807, 2.05) is 56.4 Å². The minimum absolute atomic E-state index is 0.144. The zero-order valence-electron chi connectivity index (χ0n) is 16.5. The predicted octanol–water partition coefficient (Wildman–Crippen LogP) is 3.37. The number of rotatable bonds is 5. The number of carbonyl (C=O) groups is 1. The molecule has 0 spiro atoms. The lowest BCUT2D eigenvalue weighted by atomic mass is 10.1. The summed E-state index contributed by atoms with van der Waals surface area (Å²) in [6.45, 7) is 4.21. The van der Waals surface area contributed by atoms with Gasteiger partial charge in [0.05, 0.1) is 31.1 Å². The van der Waals surface area contributed by atoms with Crippen LogP contribution in [0.15, 0.2) is 54.7 Å². The van der Waals surface area contributed by atoms with Gasteiger partial charge in [0.15, 0.2) is 0 Å². The molecule has 0 saturated carbocycles. The lowest BCUT2D eigenvalue weighted by Gasteiger charge is -2.09. The summed E-state index contributed by atoms with van der Waals surface area (Å²) in [5.74, 6) is 0.601. The maximum Gasteiger partial charge on any atom is 0.251 e. The molecule has 0 unspecified atom stereocenters. The van der Waals surface area contributed by atoms with Crippen molar-refractivity contribution < 1.29 is 9.53 Å². The zero-order chi connectivity index (χ0) is 20.4. The molecule has 0 aliphatic carbocycles. The van der Waals surface area contributed by atoms with Gasteiger partial charge in [-0.25, -0.2) is 4.68 Å². The molecule has 0 atom stereocenters. The highest BCUT2D eigenvalue weighted by Crippen LogP contribution is 2.26. The van der Waals surface area contributed by atoms with Crippen LogP contribution in [-0.2, 0) is 6.54 Å². The monoisotopic (exact) mass is 387 g/mol. The van der Waals surface area contributed by atoms with Gasteiger partial charge < -0.3 is 10.1 Å². The molecule has 4 rings (SSSR count). The Balaban J connectivity index is 1.57. The van der Waals surface area contributed by atoms with Crippen LogP contribution in [0.25, 0.3) is 16.6 Å². The number of benzene rings is 2. The van der Waals surface area contributed by atoms with Crippen molar-refractivity contribution in [2.75, 3.05) is 7.11 Å². The Morgan fingerprint density at radius 3 is 2.66 bits per heavy atom. The van der Waals surface area contributed by atoms with Crippen LogP contribution in [0.2, 0.25) is 0 Å². The topological polar surface area (TPSA) is 81.9 Å². The Kier molecular flexibility index (Phi) is 4.95. The van der Waals surface area contributed by atoms with Crippen LogP contribution in [-0.4, -0.2) is 33.0 Å². The first-order valence-corrected chi connectivity index (χ1v) is 9.25. The van der Waals surface area contributed by atoms with Crippen molar-refractivity contribution in [3.8, 4) is 11.4 Å². The van der Waals surface area contributed by atoms with Gasteiger partial charge in [-0.1, -0.05) is 22.9 Å². The van der Waals surface area contributed by atoms with Gasteiger partial charge in [-0.3, -0.25) is 9.78 Å². The van der Waals surface area contributed by atoms with Gasteiger partial charge in [-0.05, 0) is 50.2 Å². The molecule has 7 heteroatoms. The van der Waals surface area contributed by atoms with Crippen molar-refractivity contribution in [3.05, 3.63) is 77.2 Å². The first-order chi connectivity index (χ1) is 14.0. The van der Waals surface area contributed by atoms with Crippen LogP contribution in [0.1, 0.15) is 27.3 Å². The summed E-state index contributed by atoms with van der Waals surface area (Å²) in [6, 6.07) is 15.1. The fourth-order valence-electron chi connectivity index (χ4n) is 3.11. The van der Waals surface area contributed by atoms with E-state index in [4.69, 9.17) is 4.74 Å². The fourth-order valence-corrected chi connectivity index (χ4v) is 3.11. The number of nitrogens with zero attached hydrogens (tertiary/aromatic N) is 4. The summed E-state index contributed by atoms with van der Waals surface area (Å²) in [5, 5.41) is 12.2. The van der Waals surface area contributed by atoms with E-state index in [9.17, 15) is 4.79 Å². The second-order valence-corrected chi connectivity index (χ2v) is 6.87. The van der Waals surface area contributed by atoms with Crippen molar-refractivity contribution >= 4 is 16.8 Å². The summed E-state index contributed by atoms with van der Waals surface area (Å²) >= 11 is 0. The van der Waals surface area contributed by atoms with Crippen LogP contribution < -0.4 is 10.1 Å². The highest BCUT2D eigenvalue weighted by Gasteiger charge is 2.11. The molecule has 0 aliphatic heterocycles. The molecule has 1 N–H and O–H groups in total. The average Bonchev–Trinajstić information content (AvgIpc) is 3.20. The van der Waals surface area contributed by atoms with E-state index >= 15 is 0 Å². The quantitative estimate of drug-likeness (QED) is 0.568. The molecule has 2 aromatic carbocycles. The molecule has 1 amide bonds. The van der Waals surface area contributed by atoms with Gasteiger partial charge in [0.1, 0.15) is 11.4 Å². The minimum Gasteiger partial charge on any atom is -0.497 e. The van der Waals surface area contributed by atoms with Crippen molar-refractivity contribution in [2.45, 2.75) is 20.4 Å². The van der Waals surface area contributed by atoms with Gasteiger partial charge in [0, 0.05) is 16.6 Å². The molecule has 0 fully saturated rings. The maximum absolute atomic E-state index is 12.3. The molecular formula is C22H21N5O2. The van der Waals surface area contributed by atoms with E-state index in [0.717, 1.165) is 33.6 Å². The van der Waals surface area contributed by atoms with Crippen LogP contribution in [0.3, 0.4) is 0 Å². The van der Waals surface area contributed by atoms with E-state index < -0.39 is 0 Å². The molecule has 146 valence electrons. The summed E-state index contributed by atoms with van der Waals surface area (Å²) in [7, 11) is 1.63. The number of hydrogen-bond acceptors (Lipinski definition) is 5. The normalized spacial score (nSPS) is 10.9. The van der Waals surface area contributed by atoms with Crippen molar-refractivity contribution in [1.82, 2.24) is 25.3 Å². The largest absolute Gasteiger partial charge is 0.497 e. The van der Waals surface area contributed by atoms with Crippen molar-refractivity contribution in [3.63, 3.8) is 0 Å². The highest BCUT2D eigenvalue weighted by atomic mass is 16.5. The second-order valence-electron chi connectivity index (χ2n) is 6.87. The maximum atomic E-state index is 12.3. The number of nitrogens with one attached hydrogen (secondary N) is 1. The molecule has 0 saturated heterocycles. The Hall–Kier alpha value is -3.74. The molecule has 0 aliphatic rings. The zero-order valence-corrected chi connectivity index (χ0v) is 16.5. The Bertz CT molecular complexity index is 1180. The summed E-state index contributed by atoms with van der Waals surface area (Å²) in [5.41, 5.74) is 4.98. The van der Waals surface area contributed by atoms with Crippen LogP contribution in [0.5, 0.6) is 5.75 Å². The number of hydrogen-bond donors (Lipinski definition) is 1. The number of carbonyl (C=O) groups excluding carboxylic acids is 1. The number of ether oxygens (including phenoxy) is 1. The number of pyridine rings is 1. The van der Waals surface area contributed by atoms with E-state index in [-0.39, 0.29) is 12.5 Å². The molecule has 2 heterocycles. The smallest absolute Gasteiger partial charge is 0.251 e.